The first-order valence-electron chi connectivity index (χ1n) is 11.7. The molecule has 1 aliphatic carbocycles. The lowest BCUT2D eigenvalue weighted by Crippen LogP contribution is -2.64. The van der Waals surface area contributed by atoms with Crippen LogP contribution in [0.1, 0.15) is 58.2 Å². The zero-order chi connectivity index (χ0) is 23.0. The lowest BCUT2D eigenvalue weighted by Gasteiger charge is -2.58. The molecule has 3 aliphatic heterocycles. The topological polar surface area (TPSA) is 70.9 Å². The molecule has 176 valence electrons. The lowest BCUT2D eigenvalue weighted by molar-refractivity contribution is -0.127. The highest BCUT2D eigenvalue weighted by atomic mass is 127. The number of hydrogen-bond acceptors (Lipinski definition) is 5. The first-order chi connectivity index (χ1) is 15.0. The summed E-state index contributed by atoms with van der Waals surface area (Å²) < 4.78 is 8.95. The van der Waals surface area contributed by atoms with Crippen LogP contribution in [0.25, 0.3) is 0 Å². The van der Waals surface area contributed by atoms with E-state index in [-0.39, 0.29) is 17.4 Å². The van der Waals surface area contributed by atoms with Gasteiger partial charge in [0.15, 0.2) is 5.82 Å². The fourth-order valence-electron chi connectivity index (χ4n) is 6.11. The third-order valence-corrected chi connectivity index (χ3v) is 9.03. The van der Waals surface area contributed by atoms with Gasteiger partial charge in [-0.3, -0.25) is 9.48 Å². The van der Waals surface area contributed by atoms with E-state index in [1.54, 1.807) is 0 Å². The predicted molar refractivity (Wildman–Crippen MR) is 130 cm³/mol. The molecule has 2 amide bonds. The first-order valence-corrected chi connectivity index (χ1v) is 12.8. The number of piperidine rings is 1. The van der Waals surface area contributed by atoms with Crippen molar-refractivity contribution in [1.29, 1.82) is 0 Å². The summed E-state index contributed by atoms with van der Waals surface area (Å²) in [5, 5.41) is 5.07. The van der Waals surface area contributed by atoms with Crippen molar-refractivity contribution in [2.24, 2.45) is 11.3 Å². The summed E-state index contributed by atoms with van der Waals surface area (Å²) in [5.74, 6) is 1.76. The SMILES string of the molecule is Cc1c(I)c(N2CC[C@H]3[C@@H](CC(=O)N3C)C2)nn1C1CC2(C1)CN(C(=O)OC(C)(C)C)C2. The van der Waals surface area contributed by atoms with E-state index in [2.05, 4.69) is 39.1 Å². The van der Waals surface area contributed by atoms with Crippen molar-refractivity contribution in [2.75, 3.05) is 38.1 Å². The normalized spacial score (nSPS) is 27.4. The molecular formula is C23H34IN5O3. The van der Waals surface area contributed by atoms with Crippen LogP contribution in [0.15, 0.2) is 0 Å². The van der Waals surface area contributed by atoms with Crippen molar-refractivity contribution < 1.29 is 14.3 Å². The largest absolute Gasteiger partial charge is 0.444 e. The van der Waals surface area contributed by atoms with Crippen LogP contribution in [0, 0.1) is 21.8 Å². The van der Waals surface area contributed by atoms with Crippen molar-refractivity contribution in [3.63, 3.8) is 0 Å². The second-order valence-electron chi connectivity index (χ2n) is 11.3. The molecular weight excluding hydrogens is 521 g/mol. The van der Waals surface area contributed by atoms with Crippen LogP contribution in [0.4, 0.5) is 10.6 Å². The smallest absolute Gasteiger partial charge is 0.410 e. The Labute approximate surface area is 203 Å². The molecule has 0 bridgehead atoms. The van der Waals surface area contributed by atoms with Crippen LogP contribution in [0.2, 0.25) is 0 Å². The number of aromatic nitrogens is 2. The van der Waals surface area contributed by atoms with E-state index in [1.165, 1.54) is 9.26 Å². The summed E-state index contributed by atoms with van der Waals surface area (Å²) in [5.41, 5.74) is 1.01. The van der Waals surface area contributed by atoms with Crippen molar-refractivity contribution in [2.45, 2.75) is 71.1 Å². The summed E-state index contributed by atoms with van der Waals surface area (Å²) >= 11 is 2.43. The molecule has 4 fully saturated rings. The molecule has 0 radical (unpaired) electrons. The Morgan fingerprint density at radius 1 is 1.25 bits per heavy atom. The van der Waals surface area contributed by atoms with Crippen LogP contribution < -0.4 is 4.90 Å². The molecule has 3 saturated heterocycles. The van der Waals surface area contributed by atoms with Gasteiger partial charge in [0, 0.05) is 57.0 Å². The molecule has 1 aromatic heterocycles. The number of carbonyl (C=O) groups is 2. The van der Waals surface area contributed by atoms with E-state index in [0.29, 0.717) is 24.4 Å². The summed E-state index contributed by atoms with van der Waals surface area (Å²) in [6.07, 6.45) is 3.61. The van der Waals surface area contributed by atoms with Crippen LogP contribution in [-0.2, 0) is 9.53 Å². The molecule has 9 heteroatoms. The van der Waals surface area contributed by atoms with Gasteiger partial charge in [0.25, 0.3) is 0 Å². The third kappa shape index (κ3) is 3.68. The van der Waals surface area contributed by atoms with Gasteiger partial charge in [-0.1, -0.05) is 0 Å². The number of hydrogen-bond donors (Lipinski definition) is 0. The number of fused-ring (bicyclic) bond motifs is 1. The van der Waals surface area contributed by atoms with Gasteiger partial charge < -0.3 is 19.4 Å². The van der Waals surface area contributed by atoms with Crippen LogP contribution in [-0.4, -0.2) is 76.5 Å². The van der Waals surface area contributed by atoms with Crippen molar-refractivity contribution in [1.82, 2.24) is 19.6 Å². The molecule has 1 spiro atoms. The number of amides is 2. The quantitative estimate of drug-likeness (QED) is 0.524. The zero-order valence-electron chi connectivity index (χ0n) is 19.7. The van der Waals surface area contributed by atoms with Crippen LogP contribution in [0.3, 0.4) is 0 Å². The second-order valence-corrected chi connectivity index (χ2v) is 12.4. The van der Waals surface area contributed by atoms with E-state index in [0.717, 1.165) is 51.3 Å². The van der Waals surface area contributed by atoms with E-state index < -0.39 is 5.60 Å². The van der Waals surface area contributed by atoms with Crippen molar-refractivity contribution in [3.8, 4) is 0 Å². The third-order valence-electron chi connectivity index (χ3n) is 7.77. The lowest BCUT2D eigenvalue weighted by atomic mass is 9.61. The number of nitrogens with zero attached hydrogens (tertiary/aromatic N) is 5. The summed E-state index contributed by atoms with van der Waals surface area (Å²) in [7, 11) is 1.95. The highest BCUT2D eigenvalue weighted by Gasteiger charge is 2.55. The average Bonchev–Trinajstić information content (AvgIpc) is 3.08. The molecule has 1 aromatic rings. The Bertz CT molecular complexity index is 940. The van der Waals surface area contributed by atoms with Crippen LogP contribution in [0.5, 0.6) is 0 Å². The van der Waals surface area contributed by atoms with Gasteiger partial charge in [0.05, 0.1) is 15.3 Å². The van der Waals surface area contributed by atoms with Crippen molar-refractivity contribution in [3.05, 3.63) is 9.26 Å². The molecule has 32 heavy (non-hydrogen) atoms. The average molecular weight is 555 g/mol. The molecule has 2 atom stereocenters. The molecule has 0 unspecified atom stereocenters. The Hall–Kier alpha value is -1.52. The zero-order valence-corrected chi connectivity index (χ0v) is 21.9. The Morgan fingerprint density at radius 2 is 1.94 bits per heavy atom. The number of ether oxygens (including phenoxy) is 1. The monoisotopic (exact) mass is 555 g/mol. The minimum absolute atomic E-state index is 0.196. The van der Waals surface area contributed by atoms with Gasteiger partial charge >= 0.3 is 6.09 Å². The minimum atomic E-state index is -0.448. The van der Waals surface area contributed by atoms with Gasteiger partial charge in [0.2, 0.25) is 5.91 Å². The highest BCUT2D eigenvalue weighted by molar-refractivity contribution is 14.1. The maximum absolute atomic E-state index is 12.3. The summed E-state index contributed by atoms with van der Waals surface area (Å²) in [6, 6.07) is 0.785. The van der Waals surface area contributed by atoms with Gasteiger partial charge in [-0.05, 0) is 69.5 Å². The molecule has 4 aliphatic rings. The van der Waals surface area contributed by atoms with Gasteiger partial charge in [-0.2, -0.15) is 5.10 Å². The number of rotatable bonds is 2. The van der Waals surface area contributed by atoms with E-state index in [9.17, 15) is 9.59 Å². The summed E-state index contributed by atoms with van der Waals surface area (Å²) in [6.45, 7) is 11.3. The minimum Gasteiger partial charge on any atom is -0.444 e. The fourth-order valence-corrected chi connectivity index (χ4v) is 6.80. The maximum Gasteiger partial charge on any atom is 0.410 e. The number of anilines is 1. The van der Waals surface area contributed by atoms with Gasteiger partial charge in [-0.15, -0.1) is 0 Å². The molecule has 8 nitrogen and oxygen atoms in total. The summed E-state index contributed by atoms with van der Waals surface area (Å²) in [4.78, 5) is 30.6. The predicted octanol–water partition coefficient (Wildman–Crippen LogP) is 3.43. The van der Waals surface area contributed by atoms with E-state index in [4.69, 9.17) is 9.84 Å². The number of halogens is 1. The molecule has 1 saturated carbocycles. The number of carbonyl (C=O) groups excluding carboxylic acids is 2. The Balaban J connectivity index is 1.21. The standard InChI is InChI=1S/C23H34IN5O3/c1-14-19(24)20(27-7-6-17-15(11-27)8-18(30)26(17)5)25-29(14)16-9-23(10-16)12-28(13-23)21(31)32-22(2,3)4/h15-17H,6-13H2,1-5H3/t15-,17-/m0/s1. The molecule has 5 rings (SSSR count). The fraction of sp³-hybridized carbons (Fsp3) is 0.783. The van der Waals surface area contributed by atoms with Gasteiger partial charge in [-0.25, -0.2) is 4.79 Å². The highest BCUT2D eigenvalue weighted by Crippen LogP contribution is 2.55. The Morgan fingerprint density at radius 3 is 2.59 bits per heavy atom. The molecule has 0 N–H and O–H groups in total. The van der Waals surface area contributed by atoms with Crippen molar-refractivity contribution >= 4 is 40.4 Å². The van der Waals surface area contributed by atoms with Gasteiger partial charge in [0.1, 0.15) is 5.60 Å². The first kappa shape index (κ1) is 22.3. The Kier molecular flexibility index (Phi) is 5.22. The molecule has 4 heterocycles. The van der Waals surface area contributed by atoms with Crippen LogP contribution >= 0.6 is 22.6 Å². The molecule has 0 aromatic carbocycles. The number of likely N-dealkylation sites (tertiary alicyclic amines) is 2. The second kappa shape index (κ2) is 7.50. The van der Waals surface area contributed by atoms with E-state index >= 15 is 0 Å². The maximum atomic E-state index is 12.3. The van der Waals surface area contributed by atoms with E-state index in [1.807, 2.05) is 37.6 Å².